The van der Waals surface area contributed by atoms with Gasteiger partial charge in [-0.25, -0.2) is 4.79 Å². The van der Waals surface area contributed by atoms with Crippen LogP contribution in [0, 0.1) is 0 Å². The topological polar surface area (TPSA) is 50.4 Å². The van der Waals surface area contributed by atoms with Crippen molar-refractivity contribution in [3.05, 3.63) is 59.1 Å². The molecule has 0 unspecified atom stereocenters. The number of carbonyl (C=O) groups excluding carboxylic acids is 1. The van der Waals surface area contributed by atoms with Crippen LogP contribution in [0.3, 0.4) is 0 Å². The Kier molecular flexibility index (Phi) is 5.67. The second-order valence-electron chi connectivity index (χ2n) is 5.13. The Bertz CT molecular complexity index is 627. The highest BCUT2D eigenvalue weighted by molar-refractivity contribution is 6.30. The predicted octanol–water partition coefficient (Wildman–Crippen LogP) is 4.45. The fraction of sp³-hybridized carbons (Fsp3) is 0.235. The summed E-state index contributed by atoms with van der Waals surface area (Å²) in [6.07, 6.45) is 0.122. The monoisotopic (exact) mass is 318 g/mol. The van der Waals surface area contributed by atoms with E-state index in [1.807, 2.05) is 38.1 Å². The number of rotatable bonds is 5. The normalized spacial score (nSPS) is 10.4. The van der Waals surface area contributed by atoms with Crippen LogP contribution in [0.4, 0.5) is 10.5 Å². The minimum absolute atomic E-state index is 0.122. The number of benzene rings is 2. The van der Waals surface area contributed by atoms with E-state index in [2.05, 4.69) is 10.6 Å². The van der Waals surface area contributed by atoms with Crippen LogP contribution in [-0.2, 0) is 6.54 Å². The van der Waals surface area contributed by atoms with Crippen LogP contribution in [0.1, 0.15) is 19.4 Å². The first-order chi connectivity index (χ1) is 10.5. The van der Waals surface area contributed by atoms with E-state index in [-0.39, 0.29) is 12.1 Å². The van der Waals surface area contributed by atoms with E-state index in [0.29, 0.717) is 17.3 Å². The Morgan fingerprint density at radius 2 is 1.91 bits per heavy atom. The molecule has 5 heteroatoms. The van der Waals surface area contributed by atoms with Gasteiger partial charge in [0.15, 0.2) is 0 Å². The molecule has 2 aromatic rings. The number of hydrogen-bond acceptors (Lipinski definition) is 2. The van der Waals surface area contributed by atoms with E-state index < -0.39 is 0 Å². The summed E-state index contributed by atoms with van der Waals surface area (Å²) in [6, 6.07) is 14.4. The van der Waals surface area contributed by atoms with E-state index in [9.17, 15) is 4.79 Å². The zero-order valence-electron chi connectivity index (χ0n) is 12.6. The van der Waals surface area contributed by atoms with Gasteiger partial charge in [-0.15, -0.1) is 0 Å². The fourth-order valence-electron chi connectivity index (χ4n) is 1.89. The molecule has 0 saturated heterocycles. The third-order valence-electron chi connectivity index (χ3n) is 2.83. The van der Waals surface area contributed by atoms with Crippen molar-refractivity contribution in [2.75, 3.05) is 5.32 Å². The molecule has 0 aliphatic heterocycles. The second-order valence-corrected chi connectivity index (χ2v) is 5.57. The standard InChI is InChI=1S/C17H19ClN2O2/c1-12(2)22-16-5-3-4-13(10-16)11-19-17(21)20-15-8-6-14(18)7-9-15/h3-10,12H,11H2,1-2H3,(H2,19,20,21). The summed E-state index contributed by atoms with van der Waals surface area (Å²) in [6.45, 7) is 4.38. The molecule has 0 aliphatic rings. The Morgan fingerprint density at radius 3 is 2.59 bits per heavy atom. The van der Waals surface area contributed by atoms with Gasteiger partial charge in [0.1, 0.15) is 5.75 Å². The van der Waals surface area contributed by atoms with E-state index in [4.69, 9.17) is 16.3 Å². The zero-order chi connectivity index (χ0) is 15.9. The van der Waals surface area contributed by atoms with Crippen LogP contribution in [0.25, 0.3) is 0 Å². The van der Waals surface area contributed by atoms with Gasteiger partial charge in [-0.3, -0.25) is 0 Å². The minimum Gasteiger partial charge on any atom is -0.491 e. The lowest BCUT2D eigenvalue weighted by Crippen LogP contribution is -2.28. The molecule has 0 radical (unpaired) electrons. The highest BCUT2D eigenvalue weighted by Crippen LogP contribution is 2.15. The molecule has 2 rings (SSSR count). The third kappa shape index (κ3) is 5.30. The summed E-state index contributed by atoms with van der Waals surface area (Å²) >= 11 is 5.80. The molecule has 4 nitrogen and oxygen atoms in total. The maximum Gasteiger partial charge on any atom is 0.319 e. The van der Waals surface area contributed by atoms with E-state index in [1.54, 1.807) is 24.3 Å². The number of hydrogen-bond donors (Lipinski definition) is 2. The molecule has 22 heavy (non-hydrogen) atoms. The molecule has 0 atom stereocenters. The highest BCUT2D eigenvalue weighted by atomic mass is 35.5. The average Bonchev–Trinajstić information content (AvgIpc) is 2.47. The lowest BCUT2D eigenvalue weighted by molar-refractivity contribution is 0.242. The molecule has 0 fully saturated rings. The van der Waals surface area contributed by atoms with Gasteiger partial charge in [0, 0.05) is 17.3 Å². The number of carbonyl (C=O) groups is 1. The number of anilines is 1. The smallest absolute Gasteiger partial charge is 0.319 e. The number of urea groups is 1. The molecule has 0 saturated carbocycles. The van der Waals surface area contributed by atoms with Crippen molar-refractivity contribution >= 4 is 23.3 Å². The molecular formula is C17H19ClN2O2. The first-order valence-electron chi connectivity index (χ1n) is 7.09. The summed E-state index contributed by atoms with van der Waals surface area (Å²) in [5, 5.41) is 6.18. The average molecular weight is 319 g/mol. The van der Waals surface area contributed by atoms with Crippen LogP contribution >= 0.6 is 11.6 Å². The maximum atomic E-state index is 11.8. The number of nitrogens with one attached hydrogen (secondary N) is 2. The summed E-state index contributed by atoms with van der Waals surface area (Å²) in [5.74, 6) is 0.799. The molecule has 0 aliphatic carbocycles. The summed E-state index contributed by atoms with van der Waals surface area (Å²) in [7, 11) is 0. The molecule has 0 spiro atoms. The highest BCUT2D eigenvalue weighted by Gasteiger charge is 2.03. The first kappa shape index (κ1) is 16.2. The van der Waals surface area contributed by atoms with Gasteiger partial charge in [-0.2, -0.15) is 0 Å². The van der Waals surface area contributed by atoms with Crippen molar-refractivity contribution in [1.29, 1.82) is 0 Å². The summed E-state index contributed by atoms with van der Waals surface area (Å²) in [5.41, 5.74) is 1.67. The minimum atomic E-state index is -0.266. The predicted molar refractivity (Wildman–Crippen MR) is 89.5 cm³/mol. The molecule has 0 heterocycles. The van der Waals surface area contributed by atoms with Crippen molar-refractivity contribution in [3.63, 3.8) is 0 Å². The van der Waals surface area contributed by atoms with Crippen LogP contribution in [0.5, 0.6) is 5.75 Å². The molecule has 2 amide bonds. The van der Waals surface area contributed by atoms with Gasteiger partial charge in [-0.1, -0.05) is 23.7 Å². The summed E-state index contributed by atoms with van der Waals surface area (Å²) in [4.78, 5) is 11.8. The van der Waals surface area contributed by atoms with Crippen molar-refractivity contribution < 1.29 is 9.53 Å². The molecule has 0 aromatic heterocycles. The van der Waals surface area contributed by atoms with Gasteiger partial charge in [0.2, 0.25) is 0 Å². The largest absolute Gasteiger partial charge is 0.491 e. The number of halogens is 1. The zero-order valence-corrected chi connectivity index (χ0v) is 13.4. The van der Waals surface area contributed by atoms with Crippen LogP contribution in [-0.4, -0.2) is 12.1 Å². The fourth-order valence-corrected chi connectivity index (χ4v) is 2.02. The number of ether oxygens (including phenoxy) is 1. The SMILES string of the molecule is CC(C)Oc1cccc(CNC(=O)Nc2ccc(Cl)cc2)c1. The Labute approximate surface area is 135 Å². The Morgan fingerprint density at radius 1 is 1.18 bits per heavy atom. The summed E-state index contributed by atoms with van der Waals surface area (Å²) < 4.78 is 5.63. The lowest BCUT2D eigenvalue weighted by Gasteiger charge is -2.12. The molecule has 2 N–H and O–H groups in total. The third-order valence-corrected chi connectivity index (χ3v) is 3.08. The van der Waals surface area contributed by atoms with Crippen molar-refractivity contribution in [1.82, 2.24) is 5.32 Å². The van der Waals surface area contributed by atoms with E-state index in [1.165, 1.54) is 0 Å². The van der Waals surface area contributed by atoms with Crippen molar-refractivity contribution in [2.24, 2.45) is 0 Å². The van der Waals surface area contributed by atoms with Gasteiger partial charge in [-0.05, 0) is 55.8 Å². The van der Waals surface area contributed by atoms with Gasteiger partial charge >= 0.3 is 6.03 Å². The van der Waals surface area contributed by atoms with E-state index >= 15 is 0 Å². The quantitative estimate of drug-likeness (QED) is 0.855. The van der Waals surface area contributed by atoms with Crippen molar-refractivity contribution in [2.45, 2.75) is 26.5 Å². The van der Waals surface area contributed by atoms with Crippen LogP contribution in [0.15, 0.2) is 48.5 Å². The maximum absolute atomic E-state index is 11.8. The van der Waals surface area contributed by atoms with Gasteiger partial charge < -0.3 is 15.4 Å². The van der Waals surface area contributed by atoms with E-state index in [0.717, 1.165) is 11.3 Å². The van der Waals surface area contributed by atoms with Gasteiger partial charge in [0.25, 0.3) is 0 Å². The van der Waals surface area contributed by atoms with Crippen LogP contribution < -0.4 is 15.4 Å². The lowest BCUT2D eigenvalue weighted by atomic mass is 10.2. The first-order valence-corrected chi connectivity index (χ1v) is 7.47. The van der Waals surface area contributed by atoms with Crippen molar-refractivity contribution in [3.8, 4) is 5.75 Å². The molecular weight excluding hydrogens is 300 g/mol. The Balaban J connectivity index is 1.86. The van der Waals surface area contributed by atoms with Crippen LogP contribution in [0.2, 0.25) is 5.02 Å². The Hall–Kier alpha value is -2.20. The molecule has 2 aromatic carbocycles. The van der Waals surface area contributed by atoms with Gasteiger partial charge in [0.05, 0.1) is 6.10 Å². The second kappa shape index (κ2) is 7.71. The number of amides is 2. The molecule has 116 valence electrons. The molecule has 0 bridgehead atoms.